The van der Waals surface area contributed by atoms with E-state index in [1.54, 1.807) is 0 Å². The van der Waals surface area contributed by atoms with E-state index in [9.17, 15) is 5.11 Å². The third-order valence-corrected chi connectivity index (χ3v) is 3.73. The van der Waals surface area contributed by atoms with E-state index in [2.05, 4.69) is 0 Å². The molecule has 110 valence electrons. The molecule has 3 aliphatic rings. The summed E-state index contributed by atoms with van der Waals surface area (Å²) in [5.74, 6) is -2.35. The van der Waals surface area contributed by atoms with E-state index in [1.165, 1.54) is 0 Å². The highest BCUT2D eigenvalue weighted by Crippen LogP contribution is 2.48. The lowest BCUT2D eigenvalue weighted by atomic mass is 9.95. The first-order chi connectivity index (χ1) is 8.77. The summed E-state index contributed by atoms with van der Waals surface area (Å²) in [6, 6.07) is 0. The van der Waals surface area contributed by atoms with Crippen molar-refractivity contribution in [2.75, 3.05) is 13.2 Å². The second kappa shape index (κ2) is 4.13. The number of hydrogen-bond acceptors (Lipinski definition) is 6. The monoisotopic (exact) mass is 274 g/mol. The molecule has 6 nitrogen and oxygen atoms in total. The summed E-state index contributed by atoms with van der Waals surface area (Å²) in [5, 5.41) is 9.29. The van der Waals surface area contributed by atoms with Crippen molar-refractivity contribution in [1.29, 1.82) is 0 Å². The van der Waals surface area contributed by atoms with Crippen LogP contribution in [0, 0.1) is 0 Å². The molecule has 3 rings (SSSR count). The average molecular weight is 274 g/mol. The Balaban J connectivity index is 1.89. The van der Waals surface area contributed by atoms with Crippen LogP contribution in [0.3, 0.4) is 0 Å². The molecule has 19 heavy (non-hydrogen) atoms. The van der Waals surface area contributed by atoms with Gasteiger partial charge in [0.2, 0.25) is 5.79 Å². The maximum Gasteiger partial charge on any atom is 0.202 e. The molecule has 6 heteroatoms. The lowest BCUT2D eigenvalue weighted by Gasteiger charge is -2.40. The molecule has 1 N–H and O–H groups in total. The first-order valence-electron chi connectivity index (χ1n) is 6.75. The Morgan fingerprint density at radius 2 is 1.79 bits per heavy atom. The van der Waals surface area contributed by atoms with Crippen molar-refractivity contribution in [1.82, 2.24) is 0 Å². The fourth-order valence-electron chi connectivity index (χ4n) is 3.22. The summed E-state index contributed by atoms with van der Waals surface area (Å²) in [7, 11) is 0. The van der Waals surface area contributed by atoms with Gasteiger partial charge in [-0.15, -0.1) is 0 Å². The molecule has 0 unspecified atom stereocenters. The van der Waals surface area contributed by atoms with E-state index >= 15 is 0 Å². The van der Waals surface area contributed by atoms with Crippen LogP contribution in [0.1, 0.15) is 34.1 Å². The number of aliphatic hydroxyl groups is 1. The van der Waals surface area contributed by atoms with Crippen molar-refractivity contribution in [2.45, 2.75) is 69.8 Å². The van der Waals surface area contributed by atoms with Crippen molar-refractivity contribution in [3.05, 3.63) is 0 Å². The van der Waals surface area contributed by atoms with Crippen LogP contribution in [0.25, 0.3) is 0 Å². The molecule has 3 aliphatic heterocycles. The largest absolute Gasteiger partial charge is 0.396 e. The van der Waals surface area contributed by atoms with Gasteiger partial charge in [-0.1, -0.05) is 0 Å². The Morgan fingerprint density at radius 1 is 1.05 bits per heavy atom. The van der Waals surface area contributed by atoms with Crippen LogP contribution in [-0.2, 0) is 23.7 Å². The molecule has 0 aromatic rings. The highest BCUT2D eigenvalue weighted by Gasteiger charge is 2.64. The number of rotatable bonds is 2. The van der Waals surface area contributed by atoms with Crippen molar-refractivity contribution < 1.29 is 28.8 Å². The van der Waals surface area contributed by atoms with Gasteiger partial charge in [0.15, 0.2) is 11.6 Å². The molecule has 0 aromatic carbocycles. The third kappa shape index (κ3) is 2.20. The van der Waals surface area contributed by atoms with E-state index in [0.717, 1.165) is 0 Å². The van der Waals surface area contributed by atoms with Gasteiger partial charge in [-0.25, -0.2) is 0 Å². The second-order valence-corrected chi connectivity index (χ2v) is 6.28. The molecular formula is C13H22O6. The molecule has 4 atom stereocenters. The average Bonchev–Trinajstić information content (AvgIpc) is 2.71. The van der Waals surface area contributed by atoms with Crippen LogP contribution in [0.15, 0.2) is 0 Å². The normalized spacial score (nSPS) is 46.9. The zero-order valence-electron chi connectivity index (χ0n) is 11.8. The van der Waals surface area contributed by atoms with Crippen LogP contribution in [0.4, 0.5) is 0 Å². The summed E-state index contributed by atoms with van der Waals surface area (Å²) >= 11 is 0. The lowest BCUT2D eigenvalue weighted by molar-refractivity contribution is -0.286. The highest BCUT2D eigenvalue weighted by molar-refractivity contribution is 5.03. The maximum atomic E-state index is 9.29. The minimum Gasteiger partial charge on any atom is -0.396 e. The summed E-state index contributed by atoms with van der Waals surface area (Å²) in [6.07, 6.45) is -0.440. The van der Waals surface area contributed by atoms with Crippen LogP contribution in [0.2, 0.25) is 0 Å². The Labute approximate surface area is 112 Å². The van der Waals surface area contributed by atoms with Crippen LogP contribution >= 0.6 is 0 Å². The minimum absolute atomic E-state index is 0.0302. The van der Waals surface area contributed by atoms with Gasteiger partial charge in [0.05, 0.1) is 6.61 Å². The summed E-state index contributed by atoms with van der Waals surface area (Å²) in [5.41, 5.74) is 0. The molecule has 0 amide bonds. The Bertz CT molecular complexity index is 368. The lowest BCUT2D eigenvalue weighted by Crippen LogP contribution is -2.58. The van der Waals surface area contributed by atoms with E-state index in [1.807, 2.05) is 27.7 Å². The predicted molar refractivity (Wildman–Crippen MR) is 64.2 cm³/mol. The zero-order valence-corrected chi connectivity index (χ0v) is 11.8. The fraction of sp³-hybridized carbons (Fsp3) is 1.00. The van der Waals surface area contributed by atoms with Gasteiger partial charge in [0.1, 0.15) is 18.3 Å². The van der Waals surface area contributed by atoms with E-state index in [-0.39, 0.29) is 18.8 Å². The Hall–Kier alpha value is -0.240. The summed E-state index contributed by atoms with van der Waals surface area (Å²) in [6.45, 7) is 7.77. The molecule has 0 bridgehead atoms. The van der Waals surface area contributed by atoms with Crippen molar-refractivity contribution in [3.8, 4) is 0 Å². The predicted octanol–water partition coefficient (Wildman–Crippen LogP) is 0.767. The standard InChI is InChI=1S/C13H22O6/c1-11(2)16-8-7-15-13(5-6-14)10(9(8)17-11)18-12(3,4)19-13/h8-10,14H,5-7H2,1-4H3/t8-,9-,10+,13-/m1/s1. The van der Waals surface area contributed by atoms with Crippen molar-refractivity contribution in [2.24, 2.45) is 0 Å². The van der Waals surface area contributed by atoms with Crippen LogP contribution < -0.4 is 0 Å². The molecule has 0 radical (unpaired) electrons. The smallest absolute Gasteiger partial charge is 0.202 e. The first-order valence-corrected chi connectivity index (χ1v) is 6.75. The number of aliphatic hydroxyl groups excluding tert-OH is 1. The van der Waals surface area contributed by atoms with E-state index in [0.29, 0.717) is 13.0 Å². The number of ether oxygens (including phenoxy) is 5. The summed E-state index contributed by atoms with van der Waals surface area (Å²) < 4.78 is 29.5. The molecule has 0 aliphatic carbocycles. The third-order valence-electron chi connectivity index (χ3n) is 3.73. The number of fused-ring (bicyclic) bond motifs is 3. The van der Waals surface area contributed by atoms with Gasteiger partial charge in [-0.3, -0.25) is 0 Å². The van der Waals surface area contributed by atoms with Gasteiger partial charge in [-0.2, -0.15) is 0 Å². The fourth-order valence-corrected chi connectivity index (χ4v) is 3.22. The minimum atomic E-state index is -0.941. The van der Waals surface area contributed by atoms with Crippen LogP contribution in [-0.4, -0.2) is 54.0 Å². The number of hydrogen-bond donors (Lipinski definition) is 1. The SMILES string of the molecule is CC1(C)O[C@@H]2[C@@H](CO[C@]3(CCO)OC(C)(C)O[C@@H]23)O1. The molecule has 3 saturated heterocycles. The molecule has 0 saturated carbocycles. The molecule has 3 heterocycles. The Kier molecular flexibility index (Phi) is 2.98. The Morgan fingerprint density at radius 3 is 2.47 bits per heavy atom. The van der Waals surface area contributed by atoms with Crippen molar-refractivity contribution in [3.63, 3.8) is 0 Å². The van der Waals surface area contributed by atoms with Gasteiger partial charge in [-0.05, 0) is 27.7 Å². The highest BCUT2D eigenvalue weighted by atomic mass is 16.9. The van der Waals surface area contributed by atoms with Gasteiger partial charge < -0.3 is 28.8 Å². The van der Waals surface area contributed by atoms with Gasteiger partial charge >= 0.3 is 0 Å². The maximum absolute atomic E-state index is 9.29. The van der Waals surface area contributed by atoms with Gasteiger partial charge in [0.25, 0.3) is 0 Å². The van der Waals surface area contributed by atoms with E-state index in [4.69, 9.17) is 23.7 Å². The molecule has 3 fully saturated rings. The van der Waals surface area contributed by atoms with E-state index < -0.39 is 23.5 Å². The molecule has 0 spiro atoms. The summed E-state index contributed by atoms with van der Waals surface area (Å²) in [4.78, 5) is 0. The molecule has 0 aromatic heterocycles. The zero-order chi connectivity index (χ0) is 13.9. The molecular weight excluding hydrogens is 252 g/mol. The second-order valence-electron chi connectivity index (χ2n) is 6.28. The van der Waals surface area contributed by atoms with Gasteiger partial charge in [0, 0.05) is 13.0 Å². The first kappa shape index (κ1) is 13.7. The van der Waals surface area contributed by atoms with Crippen LogP contribution in [0.5, 0.6) is 0 Å². The topological polar surface area (TPSA) is 66.4 Å². The van der Waals surface area contributed by atoms with Crippen molar-refractivity contribution >= 4 is 0 Å². The quantitative estimate of drug-likeness (QED) is 0.802.